The molecular weight excluding hydrogens is 264 g/mol. The van der Waals surface area contributed by atoms with Gasteiger partial charge in [0.15, 0.2) is 0 Å². The number of aromatic amines is 1. The number of nitrogens with one attached hydrogen (secondary N) is 1. The Morgan fingerprint density at radius 1 is 1.29 bits per heavy atom. The minimum atomic E-state index is 0.304. The van der Waals surface area contributed by atoms with Crippen molar-refractivity contribution in [3.05, 3.63) is 17.0 Å². The van der Waals surface area contributed by atoms with Gasteiger partial charge in [-0.25, -0.2) is 0 Å². The zero-order valence-corrected chi connectivity index (χ0v) is 12.8. The van der Waals surface area contributed by atoms with E-state index in [0.29, 0.717) is 11.8 Å². The van der Waals surface area contributed by atoms with E-state index in [9.17, 15) is 4.79 Å². The van der Waals surface area contributed by atoms with Crippen LogP contribution in [-0.2, 0) is 17.8 Å². The molecule has 5 nitrogen and oxygen atoms in total. The second-order valence-corrected chi connectivity index (χ2v) is 7.00. The fraction of sp³-hybridized carbons (Fsp3) is 0.750. The molecule has 2 aliphatic heterocycles. The number of amides is 1. The quantitative estimate of drug-likeness (QED) is 0.917. The average Bonchev–Trinajstić information content (AvgIpc) is 3.23. The van der Waals surface area contributed by atoms with Crippen LogP contribution in [0.5, 0.6) is 0 Å². The van der Waals surface area contributed by atoms with Crippen molar-refractivity contribution >= 4 is 5.91 Å². The Morgan fingerprint density at radius 2 is 2.14 bits per heavy atom. The fourth-order valence-electron chi connectivity index (χ4n) is 3.84. The predicted molar refractivity (Wildman–Crippen MR) is 79.9 cm³/mol. The van der Waals surface area contributed by atoms with Crippen LogP contribution < -0.4 is 0 Å². The van der Waals surface area contributed by atoms with Gasteiger partial charge in [-0.3, -0.25) is 14.8 Å². The highest BCUT2D eigenvalue weighted by Crippen LogP contribution is 2.42. The molecule has 1 aromatic heterocycles. The maximum atomic E-state index is 11.6. The van der Waals surface area contributed by atoms with Crippen molar-refractivity contribution in [2.75, 3.05) is 26.7 Å². The third kappa shape index (κ3) is 2.59. The number of likely N-dealkylation sites (tertiary alicyclic amines) is 1. The zero-order valence-electron chi connectivity index (χ0n) is 12.8. The molecule has 0 bridgehead atoms. The third-order valence-corrected chi connectivity index (χ3v) is 5.25. The first-order chi connectivity index (χ1) is 10.2. The Labute approximate surface area is 125 Å². The molecule has 0 spiro atoms. The second-order valence-electron chi connectivity index (χ2n) is 7.00. The minimum absolute atomic E-state index is 0.304. The van der Waals surface area contributed by atoms with E-state index in [2.05, 4.69) is 15.1 Å². The Morgan fingerprint density at radius 3 is 2.90 bits per heavy atom. The first-order valence-corrected chi connectivity index (χ1v) is 8.23. The van der Waals surface area contributed by atoms with Crippen molar-refractivity contribution in [3.8, 4) is 0 Å². The second kappa shape index (κ2) is 5.13. The summed E-state index contributed by atoms with van der Waals surface area (Å²) in [5.41, 5.74) is 4.18. The maximum absolute atomic E-state index is 11.6. The monoisotopic (exact) mass is 288 g/mol. The lowest BCUT2D eigenvalue weighted by atomic mass is 9.95. The summed E-state index contributed by atoms with van der Waals surface area (Å²) in [5.74, 6) is 1.66. The van der Waals surface area contributed by atoms with Gasteiger partial charge in [0, 0.05) is 63.2 Å². The molecule has 4 rings (SSSR count). The van der Waals surface area contributed by atoms with Crippen LogP contribution in [-0.4, -0.2) is 52.6 Å². The number of hydrogen-bond acceptors (Lipinski definition) is 3. The maximum Gasteiger partial charge on any atom is 0.222 e. The largest absolute Gasteiger partial charge is 0.345 e. The molecule has 5 heteroatoms. The van der Waals surface area contributed by atoms with Crippen LogP contribution in [0.2, 0.25) is 0 Å². The van der Waals surface area contributed by atoms with Gasteiger partial charge >= 0.3 is 0 Å². The van der Waals surface area contributed by atoms with Gasteiger partial charge in [0.25, 0.3) is 0 Å². The number of carbonyl (C=O) groups excluding carboxylic acids is 1. The number of aromatic nitrogens is 2. The number of rotatable bonds is 3. The van der Waals surface area contributed by atoms with Crippen molar-refractivity contribution in [1.29, 1.82) is 0 Å². The summed E-state index contributed by atoms with van der Waals surface area (Å²) in [7, 11) is 1.93. The number of carbonyl (C=O) groups is 1. The lowest BCUT2D eigenvalue weighted by molar-refractivity contribution is -0.133. The summed E-state index contributed by atoms with van der Waals surface area (Å²) < 4.78 is 0. The summed E-state index contributed by atoms with van der Waals surface area (Å²) in [5, 5.41) is 7.81. The van der Waals surface area contributed by atoms with Gasteiger partial charge in [-0.15, -0.1) is 0 Å². The Hall–Kier alpha value is -1.36. The Bertz CT molecular complexity index is 548. The van der Waals surface area contributed by atoms with Gasteiger partial charge in [0.1, 0.15) is 0 Å². The van der Waals surface area contributed by atoms with Gasteiger partial charge in [0.2, 0.25) is 5.91 Å². The first kappa shape index (κ1) is 13.3. The smallest absolute Gasteiger partial charge is 0.222 e. The van der Waals surface area contributed by atoms with Crippen molar-refractivity contribution in [2.24, 2.45) is 5.92 Å². The third-order valence-electron chi connectivity index (χ3n) is 5.25. The Balaban J connectivity index is 1.41. The van der Waals surface area contributed by atoms with E-state index in [1.165, 1.54) is 29.8 Å². The molecule has 3 aliphatic rings. The highest BCUT2D eigenvalue weighted by molar-refractivity contribution is 5.76. The summed E-state index contributed by atoms with van der Waals surface area (Å²) in [6, 6.07) is 0. The molecule has 3 heterocycles. The topological polar surface area (TPSA) is 52.2 Å². The lowest BCUT2D eigenvalue weighted by Gasteiger charge is -2.35. The van der Waals surface area contributed by atoms with Gasteiger partial charge < -0.3 is 4.90 Å². The van der Waals surface area contributed by atoms with Crippen molar-refractivity contribution in [2.45, 2.75) is 44.6 Å². The normalized spacial score (nSPS) is 27.0. The van der Waals surface area contributed by atoms with Crippen LogP contribution in [0.1, 0.15) is 48.6 Å². The van der Waals surface area contributed by atoms with Crippen LogP contribution in [0.4, 0.5) is 0 Å². The first-order valence-electron chi connectivity index (χ1n) is 8.23. The molecule has 1 saturated heterocycles. The van der Waals surface area contributed by atoms with E-state index in [0.717, 1.165) is 51.4 Å². The van der Waals surface area contributed by atoms with Crippen LogP contribution in [0.25, 0.3) is 0 Å². The molecule has 2 fully saturated rings. The van der Waals surface area contributed by atoms with E-state index >= 15 is 0 Å². The summed E-state index contributed by atoms with van der Waals surface area (Å²) in [4.78, 5) is 16.1. The molecule has 1 aromatic rings. The molecular formula is C16H24N4O. The van der Waals surface area contributed by atoms with E-state index in [-0.39, 0.29) is 0 Å². The van der Waals surface area contributed by atoms with E-state index in [4.69, 9.17) is 0 Å². The highest BCUT2D eigenvalue weighted by Gasteiger charge is 2.33. The minimum Gasteiger partial charge on any atom is -0.345 e. The molecule has 1 aliphatic carbocycles. The van der Waals surface area contributed by atoms with Gasteiger partial charge in [-0.05, 0) is 25.2 Å². The molecule has 114 valence electrons. The van der Waals surface area contributed by atoms with E-state index < -0.39 is 0 Å². The highest BCUT2D eigenvalue weighted by atomic mass is 16.2. The summed E-state index contributed by atoms with van der Waals surface area (Å²) in [6.45, 7) is 4.20. The number of H-pyrrole nitrogens is 1. The molecule has 1 unspecified atom stereocenters. The van der Waals surface area contributed by atoms with Gasteiger partial charge in [-0.1, -0.05) is 0 Å². The number of nitrogens with zero attached hydrogens (tertiary/aromatic N) is 3. The van der Waals surface area contributed by atoms with Crippen molar-refractivity contribution in [3.63, 3.8) is 0 Å². The van der Waals surface area contributed by atoms with Crippen LogP contribution in [0.15, 0.2) is 0 Å². The van der Waals surface area contributed by atoms with Crippen LogP contribution in [0, 0.1) is 5.92 Å². The fourth-order valence-corrected chi connectivity index (χ4v) is 3.84. The summed E-state index contributed by atoms with van der Waals surface area (Å²) in [6.07, 6.45) is 5.49. The number of hydrogen-bond donors (Lipinski definition) is 1. The Kier molecular flexibility index (Phi) is 3.25. The molecule has 0 radical (unpaired) electrons. The summed E-state index contributed by atoms with van der Waals surface area (Å²) >= 11 is 0. The standard InChI is InChI=1S/C16H24N4O/c1-19-8-11(2-5-15(19)21)9-20-7-6-14-13(10-20)16(18-17-14)12-3-4-12/h11-12H,2-10H2,1H3,(H,17,18). The predicted octanol–water partition coefficient (Wildman–Crippen LogP) is 1.51. The van der Waals surface area contributed by atoms with Crippen LogP contribution in [0.3, 0.4) is 0 Å². The molecule has 1 saturated carbocycles. The molecule has 21 heavy (non-hydrogen) atoms. The van der Waals surface area contributed by atoms with Gasteiger partial charge in [-0.2, -0.15) is 5.10 Å². The molecule has 1 atom stereocenters. The molecule has 1 amide bonds. The SMILES string of the molecule is CN1CC(CN2CCc3[nH]nc(C4CC4)c3C2)CCC1=O. The van der Waals surface area contributed by atoms with Gasteiger partial charge in [0.05, 0.1) is 5.69 Å². The van der Waals surface area contributed by atoms with Crippen LogP contribution >= 0.6 is 0 Å². The molecule has 0 aromatic carbocycles. The van der Waals surface area contributed by atoms with E-state index in [1.54, 1.807) is 0 Å². The average molecular weight is 288 g/mol. The zero-order chi connectivity index (χ0) is 14.4. The number of fused-ring (bicyclic) bond motifs is 1. The lowest BCUT2D eigenvalue weighted by Crippen LogP contribution is -2.43. The number of piperidine rings is 1. The van der Waals surface area contributed by atoms with Crippen molar-refractivity contribution < 1.29 is 4.79 Å². The molecule has 1 N–H and O–H groups in total. The van der Waals surface area contributed by atoms with E-state index in [1.807, 2.05) is 11.9 Å². The van der Waals surface area contributed by atoms with Crippen molar-refractivity contribution in [1.82, 2.24) is 20.0 Å².